The molecule has 0 saturated carbocycles. The lowest BCUT2D eigenvalue weighted by Crippen LogP contribution is -2.38. The van der Waals surface area contributed by atoms with Gasteiger partial charge >= 0.3 is 0 Å². The van der Waals surface area contributed by atoms with Crippen LogP contribution in [0, 0.1) is 6.92 Å². The number of aliphatic imine (C=N–C) groups is 1. The summed E-state index contributed by atoms with van der Waals surface area (Å²) in [7, 11) is 7.39. The summed E-state index contributed by atoms with van der Waals surface area (Å²) in [6.45, 7) is 5.16. The second-order valence-electron chi connectivity index (χ2n) is 5.53. The maximum Gasteiger partial charge on any atom is 0.194 e. The molecule has 1 N–H and O–H groups in total. The Labute approximate surface area is 146 Å². The molecule has 1 unspecified atom stereocenters. The molecule has 2 aromatic heterocycles. The second-order valence-corrected chi connectivity index (χ2v) is 6.42. The monoisotopic (exact) mass is 351 g/mol. The molecular formula is C15H25N7OS. The van der Waals surface area contributed by atoms with Crippen molar-refractivity contribution in [2.24, 2.45) is 12.0 Å². The molecule has 0 aromatic carbocycles. The molecule has 132 valence electrons. The third-order valence-corrected chi connectivity index (χ3v) is 4.89. The number of ether oxygens (including phenoxy) is 1. The van der Waals surface area contributed by atoms with Crippen LogP contribution < -0.4 is 5.32 Å². The molecule has 0 aliphatic heterocycles. The highest BCUT2D eigenvalue weighted by molar-refractivity contribution is 7.09. The van der Waals surface area contributed by atoms with E-state index in [4.69, 9.17) is 4.74 Å². The van der Waals surface area contributed by atoms with Crippen molar-refractivity contribution in [2.75, 3.05) is 21.2 Å². The van der Waals surface area contributed by atoms with Crippen molar-refractivity contribution in [3.8, 4) is 0 Å². The van der Waals surface area contributed by atoms with E-state index in [0.717, 1.165) is 28.3 Å². The minimum atomic E-state index is 0.0191. The van der Waals surface area contributed by atoms with Crippen molar-refractivity contribution in [1.29, 1.82) is 0 Å². The number of aromatic nitrogens is 4. The molecule has 1 atom stereocenters. The molecule has 0 radical (unpaired) electrons. The first-order valence-corrected chi connectivity index (χ1v) is 8.58. The predicted molar refractivity (Wildman–Crippen MR) is 94.9 cm³/mol. The predicted octanol–water partition coefficient (Wildman–Crippen LogP) is 1.49. The lowest BCUT2D eigenvalue weighted by atomic mass is 10.4. The van der Waals surface area contributed by atoms with E-state index in [9.17, 15) is 0 Å². The van der Waals surface area contributed by atoms with Crippen molar-refractivity contribution in [3.05, 3.63) is 27.7 Å². The van der Waals surface area contributed by atoms with Crippen LogP contribution in [-0.2, 0) is 24.9 Å². The minimum Gasteiger partial charge on any atom is -0.375 e. The van der Waals surface area contributed by atoms with Crippen LogP contribution in [0.25, 0.3) is 0 Å². The molecule has 2 heterocycles. The number of hydrogen-bond donors (Lipinski definition) is 1. The molecule has 0 bridgehead atoms. The third-order valence-electron chi connectivity index (χ3n) is 3.83. The maximum absolute atomic E-state index is 5.31. The van der Waals surface area contributed by atoms with Crippen LogP contribution in [0.4, 0.5) is 0 Å². The molecule has 2 rings (SSSR count). The molecule has 0 aliphatic carbocycles. The number of nitrogens with one attached hydrogen (secondary N) is 1. The molecule has 0 amide bonds. The molecule has 2 aromatic rings. The molecule has 0 fully saturated rings. The van der Waals surface area contributed by atoms with Gasteiger partial charge in [0.1, 0.15) is 16.9 Å². The standard InChI is InChI=1S/C15H25N7OS/c1-10(23-6)14-18-12(9-24-14)8-21(4)15(16-3)17-7-13-20-19-11(2)22(13)5/h9-10H,7-8H2,1-6H3,(H,16,17). The zero-order chi connectivity index (χ0) is 17.7. The Bertz CT molecular complexity index is 694. The first-order valence-electron chi connectivity index (χ1n) is 7.70. The summed E-state index contributed by atoms with van der Waals surface area (Å²) in [5.41, 5.74) is 0.999. The van der Waals surface area contributed by atoms with Crippen LogP contribution in [0.1, 0.15) is 35.4 Å². The van der Waals surface area contributed by atoms with Crippen LogP contribution >= 0.6 is 11.3 Å². The average molecular weight is 351 g/mol. The summed E-state index contributed by atoms with van der Waals surface area (Å²) in [5.74, 6) is 2.54. The summed E-state index contributed by atoms with van der Waals surface area (Å²) in [5, 5.41) is 14.6. The van der Waals surface area contributed by atoms with Gasteiger partial charge in [0.05, 0.1) is 18.8 Å². The van der Waals surface area contributed by atoms with Gasteiger partial charge in [0, 0.05) is 33.6 Å². The Hall–Kier alpha value is -2.00. The van der Waals surface area contributed by atoms with Crippen LogP contribution in [-0.4, -0.2) is 51.8 Å². The first-order chi connectivity index (χ1) is 11.5. The van der Waals surface area contributed by atoms with Crippen LogP contribution in [0.15, 0.2) is 10.4 Å². The second kappa shape index (κ2) is 8.20. The molecular weight excluding hydrogens is 326 g/mol. The topological polar surface area (TPSA) is 80.5 Å². The number of nitrogens with zero attached hydrogens (tertiary/aromatic N) is 6. The molecule has 24 heavy (non-hydrogen) atoms. The third kappa shape index (κ3) is 4.30. The van der Waals surface area contributed by atoms with E-state index in [1.165, 1.54) is 0 Å². The molecule has 0 saturated heterocycles. The van der Waals surface area contributed by atoms with Gasteiger partial charge in [-0.15, -0.1) is 21.5 Å². The van der Waals surface area contributed by atoms with Crippen molar-refractivity contribution >= 4 is 17.3 Å². The molecule has 0 spiro atoms. The van der Waals surface area contributed by atoms with Crippen molar-refractivity contribution in [2.45, 2.75) is 33.0 Å². The fraction of sp³-hybridized carbons (Fsp3) is 0.600. The normalized spacial score (nSPS) is 13.2. The smallest absolute Gasteiger partial charge is 0.194 e. The zero-order valence-electron chi connectivity index (χ0n) is 15.1. The van der Waals surface area contributed by atoms with Crippen LogP contribution in [0.2, 0.25) is 0 Å². The van der Waals surface area contributed by atoms with E-state index >= 15 is 0 Å². The largest absolute Gasteiger partial charge is 0.375 e. The van der Waals surface area contributed by atoms with Gasteiger partial charge in [0.2, 0.25) is 0 Å². The summed E-state index contributed by atoms with van der Waals surface area (Å²) in [6.07, 6.45) is 0.0191. The van der Waals surface area contributed by atoms with E-state index in [0.29, 0.717) is 13.1 Å². The number of thiazole rings is 1. The summed E-state index contributed by atoms with van der Waals surface area (Å²) in [4.78, 5) is 11.0. The van der Waals surface area contributed by atoms with Crippen molar-refractivity contribution in [3.63, 3.8) is 0 Å². The van der Waals surface area contributed by atoms with E-state index in [-0.39, 0.29) is 6.10 Å². The van der Waals surface area contributed by atoms with Crippen molar-refractivity contribution in [1.82, 2.24) is 30.0 Å². The Kier molecular flexibility index (Phi) is 6.27. The first kappa shape index (κ1) is 18.3. The van der Waals surface area contributed by atoms with E-state index in [1.807, 2.05) is 37.4 Å². The maximum atomic E-state index is 5.31. The lowest BCUT2D eigenvalue weighted by Gasteiger charge is -2.21. The van der Waals surface area contributed by atoms with Crippen LogP contribution in [0.5, 0.6) is 0 Å². The van der Waals surface area contributed by atoms with E-state index in [2.05, 4.69) is 30.9 Å². The molecule has 8 nitrogen and oxygen atoms in total. The Morgan fingerprint density at radius 3 is 2.83 bits per heavy atom. The molecule has 9 heteroatoms. The average Bonchev–Trinajstić information content (AvgIpc) is 3.16. The van der Waals surface area contributed by atoms with E-state index < -0.39 is 0 Å². The highest BCUT2D eigenvalue weighted by atomic mass is 32.1. The number of rotatable bonds is 6. The summed E-state index contributed by atoms with van der Waals surface area (Å²) < 4.78 is 7.26. The highest BCUT2D eigenvalue weighted by Gasteiger charge is 2.13. The highest BCUT2D eigenvalue weighted by Crippen LogP contribution is 2.20. The van der Waals surface area contributed by atoms with Gasteiger partial charge in [-0.2, -0.15) is 0 Å². The van der Waals surface area contributed by atoms with Crippen molar-refractivity contribution < 1.29 is 4.74 Å². The Balaban J connectivity index is 1.95. The van der Waals surface area contributed by atoms with Gasteiger partial charge in [-0.1, -0.05) is 0 Å². The van der Waals surface area contributed by atoms with Gasteiger partial charge in [0.25, 0.3) is 0 Å². The number of methoxy groups -OCH3 is 1. The number of hydrogen-bond acceptors (Lipinski definition) is 6. The minimum absolute atomic E-state index is 0.0191. The Morgan fingerprint density at radius 1 is 1.50 bits per heavy atom. The summed E-state index contributed by atoms with van der Waals surface area (Å²) in [6, 6.07) is 0. The SMILES string of the molecule is CN=C(NCc1nnc(C)n1C)N(C)Cc1csc(C(C)OC)n1. The van der Waals surface area contributed by atoms with Gasteiger partial charge in [-0.25, -0.2) is 4.98 Å². The fourth-order valence-corrected chi connectivity index (χ4v) is 2.99. The molecule has 0 aliphatic rings. The quantitative estimate of drug-likeness (QED) is 0.627. The van der Waals surface area contributed by atoms with Gasteiger partial charge in [-0.05, 0) is 13.8 Å². The number of guanidine groups is 1. The zero-order valence-corrected chi connectivity index (χ0v) is 15.9. The van der Waals surface area contributed by atoms with E-state index in [1.54, 1.807) is 25.5 Å². The van der Waals surface area contributed by atoms with Gasteiger partial charge in [0.15, 0.2) is 11.8 Å². The number of aryl methyl sites for hydroxylation is 1. The summed E-state index contributed by atoms with van der Waals surface area (Å²) >= 11 is 1.61. The van der Waals surface area contributed by atoms with Gasteiger partial charge < -0.3 is 19.5 Å². The lowest BCUT2D eigenvalue weighted by molar-refractivity contribution is 0.119. The van der Waals surface area contributed by atoms with Crippen LogP contribution in [0.3, 0.4) is 0 Å². The Morgan fingerprint density at radius 2 is 2.25 bits per heavy atom. The fourth-order valence-electron chi connectivity index (χ4n) is 2.15. The van der Waals surface area contributed by atoms with Gasteiger partial charge in [-0.3, -0.25) is 4.99 Å².